The van der Waals surface area contributed by atoms with Crippen LogP contribution in [0.3, 0.4) is 0 Å². The Labute approximate surface area is 176 Å². The molecular weight excluding hydrogens is 386 g/mol. The number of imidazole rings is 1. The van der Waals surface area contributed by atoms with E-state index in [9.17, 15) is 0 Å². The van der Waals surface area contributed by atoms with Crippen LogP contribution in [0.4, 0.5) is 11.8 Å². The van der Waals surface area contributed by atoms with Crippen molar-refractivity contribution in [2.24, 2.45) is 5.73 Å². The third kappa shape index (κ3) is 4.62. The zero-order valence-electron chi connectivity index (χ0n) is 16.9. The maximum absolute atomic E-state index is 6.12. The SMILES string of the molecule is CC(C)n1cnc2c(NCc3cccc(Cl)c3)nc(N[C@H]3CC[C@H](N)CC3)nc21. The highest BCUT2D eigenvalue weighted by Gasteiger charge is 2.21. The van der Waals surface area contributed by atoms with Crippen molar-refractivity contribution in [3.63, 3.8) is 0 Å². The van der Waals surface area contributed by atoms with E-state index in [1.807, 2.05) is 30.6 Å². The van der Waals surface area contributed by atoms with E-state index >= 15 is 0 Å². The number of nitrogens with two attached hydrogens (primary N) is 1. The summed E-state index contributed by atoms with van der Waals surface area (Å²) in [7, 11) is 0. The summed E-state index contributed by atoms with van der Waals surface area (Å²) in [4.78, 5) is 14.1. The molecule has 0 bridgehead atoms. The first-order valence-electron chi connectivity index (χ1n) is 10.2. The van der Waals surface area contributed by atoms with Gasteiger partial charge in [0.25, 0.3) is 0 Å². The molecule has 1 aromatic carbocycles. The number of nitrogens with zero attached hydrogens (tertiary/aromatic N) is 4. The number of benzene rings is 1. The van der Waals surface area contributed by atoms with Crippen molar-refractivity contribution in [2.75, 3.05) is 10.6 Å². The molecule has 29 heavy (non-hydrogen) atoms. The van der Waals surface area contributed by atoms with Gasteiger partial charge in [0.05, 0.1) is 6.33 Å². The van der Waals surface area contributed by atoms with Gasteiger partial charge in [0.2, 0.25) is 5.95 Å². The third-order valence-electron chi connectivity index (χ3n) is 5.43. The van der Waals surface area contributed by atoms with Crippen LogP contribution in [0.5, 0.6) is 0 Å². The molecule has 1 aliphatic carbocycles. The topological polar surface area (TPSA) is 93.7 Å². The lowest BCUT2D eigenvalue weighted by Crippen LogP contribution is -2.33. The van der Waals surface area contributed by atoms with E-state index in [2.05, 4.69) is 34.0 Å². The van der Waals surface area contributed by atoms with Crippen LogP contribution in [0.15, 0.2) is 30.6 Å². The Bertz CT molecular complexity index is 976. The van der Waals surface area contributed by atoms with Crippen LogP contribution in [0.1, 0.15) is 51.1 Å². The summed E-state index contributed by atoms with van der Waals surface area (Å²) in [6.45, 7) is 4.86. The van der Waals surface area contributed by atoms with Gasteiger partial charge in [0.15, 0.2) is 17.0 Å². The van der Waals surface area contributed by atoms with Crippen LogP contribution in [0.2, 0.25) is 5.02 Å². The highest BCUT2D eigenvalue weighted by atomic mass is 35.5. The molecule has 0 atom stereocenters. The van der Waals surface area contributed by atoms with Gasteiger partial charge in [-0.3, -0.25) is 0 Å². The van der Waals surface area contributed by atoms with E-state index < -0.39 is 0 Å². The fourth-order valence-corrected chi connectivity index (χ4v) is 3.97. The molecule has 1 fully saturated rings. The molecule has 2 heterocycles. The van der Waals surface area contributed by atoms with Gasteiger partial charge in [-0.25, -0.2) is 4.98 Å². The molecule has 154 valence electrons. The zero-order valence-corrected chi connectivity index (χ0v) is 17.7. The maximum atomic E-state index is 6.12. The Kier molecular flexibility index (Phi) is 5.87. The molecular formula is C21H28ClN7. The molecule has 0 saturated heterocycles. The maximum Gasteiger partial charge on any atom is 0.227 e. The number of hydrogen-bond acceptors (Lipinski definition) is 6. The van der Waals surface area contributed by atoms with Gasteiger partial charge in [0.1, 0.15) is 0 Å². The van der Waals surface area contributed by atoms with E-state index in [-0.39, 0.29) is 6.04 Å². The molecule has 0 spiro atoms. The largest absolute Gasteiger partial charge is 0.364 e. The van der Waals surface area contributed by atoms with Crippen LogP contribution in [0, 0.1) is 0 Å². The van der Waals surface area contributed by atoms with Gasteiger partial charge >= 0.3 is 0 Å². The van der Waals surface area contributed by atoms with Crippen molar-refractivity contribution in [1.82, 2.24) is 19.5 Å². The van der Waals surface area contributed by atoms with E-state index in [1.165, 1.54) is 0 Å². The summed E-state index contributed by atoms with van der Waals surface area (Å²) in [6.07, 6.45) is 5.97. The first-order valence-corrected chi connectivity index (χ1v) is 10.6. The standard InChI is InChI=1S/C21H28ClN7/c1-13(2)29-12-25-18-19(24-11-14-4-3-5-15(22)10-14)27-21(28-20(18)29)26-17-8-6-16(23)7-9-17/h3-5,10,12-13,16-17H,6-9,11,23H2,1-2H3,(H2,24,26,27,28)/t16-,17-. The van der Waals surface area contributed by atoms with Gasteiger partial charge < -0.3 is 20.9 Å². The van der Waals surface area contributed by atoms with Crippen molar-refractivity contribution in [2.45, 2.75) is 64.2 Å². The van der Waals surface area contributed by atoms with Gasteiger partial charge in [-0.1, -0.05) is 23.7 Å². The Morgan fingerprint density at radius 2 is 2.00 bits per heavy atom. The molecule has 0 aliphatic heterocycles. The molecule has 7 nitrogen and oxygen atoms in total. The van der Waals surface area contributed by atoms with E-state index in [0.717, 1.165) is 53.3 Å². The highest BCUT2D eigenvalue weighted by Crippen LogP contribution is 2.26. The molecule has 1 aliphatic rings. The molecule has 1 saturated carbocycles. The Hall–Kier alpha value is -2.38. The normalized spacial score (nSPS) is 19.6. The summed E-state index contributed by atoms with van der Waals surface area (Å²) in [5.41, 5.74) is 8.74. The van der Waals surface area contributed by atoms with Gasteiger partial charge in [-0.15, -0.1) is 0 Å². The summed E-state index contributed by atoms with van der Waals surface area (Å²) in [6, 6.07) is 8.73. The predicted molar refractivity (Wildman–Crippen MR) is 118 cm³/mol. The fraction of sp³-hybridized carbons (Fsp3) is 0.476. The molecule has 8 heteroatoms. The second-order valence-electron chi connectivity index (χ2n) is 8.05. The minimum absolute atomic E-state index is 0.260. The number of aromatic nitrogens is 4. The Morgan fingerprint density at radius 1 is 1.21 bits per heavy atom. The van der Waals surface area contributed by atoms with Crippen LogP contribution < -0.4 is 16.4 Å². The van der Waals surface area contributed by atoms with Crippen LogP contribution in [-0.2, 0) is 6.54 Å². The smallest absolute Gasteiger partial charge is 0.227 e. The average Bonchev–Trinajstić information content (AvgIpc) is 3.12. The Balaban J connectivity index is 1.62. The van der Waals surface area contributed by atoms with Crippen molar-refractivity contribution in [1.29, 1.82) is 0 Å². The van der Waals surface area contributed by atoms with Crippen molar-refractivity contribution >= 4 is 34.5 Å². The lowest BCUT2D eigenvalue weighted by atomic mass is 9.92. The number of halogens is 1. The first-order chi connectivity index (χ1) is 14.0. The predicted octanol–water partition coefficient (Wildman–Crippen LogP) is 4.35. The van der Waals surface area contributed by atoms with E-state index in [1.54, 1.807) is 0 Å². The minimum atomic E-state index is 0.260. The third-order valence-corrected chi connectivity index (χ3v) is 5.67. The lowest BCUT2D eigenvalue weighted by molar-refractivity contribution is 0.410. The van der Waals surface area contributed by atoms with E-state index in [4.69, 9.17) is 27.3 Å². The van der Waals surface area contributed by atoms with Crippen molar-refractivity contribution in [3.05, 3.63) is 41.2 Å². The number of anilines is 2. The molecule has 0 radical (unpaired) electrons. The fourth-order valence-electron chi connectivity index (χ4n) is 3.76. The Morgan fingerprint density at radius 3 is 2.72 bits per heavy atom. The van der Waals surface area contributed by atoms with Crippen molar-refractivity contribution < 1.29 is 0 Å². The lowest BCUT2D eigenvalue weighted by Gasteiger charge is -2.27. The van der Waals surface area contributed by atoms with Gasteiger partial charge in [-0.2, -0.15) is 9.97 Å². The molecule has 2 aromatic heterocycles. The van der Waals surface area contributed by atoms with Gasteiger partial charge in [0, 0.05) is 29.7 Å². The number of rotatable bonds is 6. The van der Waals surface area contributed by atoms with E-state index in [0.29, 0.717) is 24.6 Å². The second kappa shape index (κ2) is 8.55. The van der Waals surface area contributed by atoms with Crippen LogP contribution in [-0.4, -0.2) is 31.6 Å². The summed E-state index contributed by atoms with van der Waals surface area (Å²) < 4.78 is 2.07. The molecule has 4 N–H and O–H groups in total. The summed E-state index contributed by atoms with van der Waals surface area (Å²) >= 11 is 6.12. The molecule has 4 rings (SSSR count). The molecule has 3 aromatic rings. The highest BCUT2D eigenvalue weighted by molar-refractivity contribution is 6.30. The number of fused-ring (bicyclic) bond motifs is 1. The van der Waals surface area contributed by atoms with Crippen molar-refractivity contribution in [3.8, 4) is 0 Å². The molecule has 0 amide bonds. The monoisotopic (exact) mass is 413 g/mol. The second-order valence-corrected chi connectivity index (χ2v) is 8.49. The van der Waals surface area contributed by atoms with Crippen LogP contribution >= 0.6 is 11.6 Å². The summed E-state index contributed by atoms with van der Waals surface area (Å²) in [5.74, 6) is 1.36. The number of nitrogens with one attached hydrogen (secondary N) is 2. The average molecular weight is 414 g/mol. The zero-order chi connectivity index (χ0) is 20.4. The first kappa shape index (κ1) is 19.9. The number of hydrogen-bond donors (Lipinski definition) is 3. The molecule has 0 unspecified atom stereocenters. The quantitative estimate of drug-likeness (QED) is 0.556. The van der Waals surface area contributed by atoms with Gasteiger partial charge in [-0.05, 0) is 57.2 Å². The van der Waals surface area contributed by atoms with Crippen LogP contribution in [0.25, 0.3) is 11.2 Å². The minimum Gasteiger partial charge on any atom is -0.364 e. The summed E-state index contributed by atoms with van der Waals surface area (Å²) in [5, 5.41) is 7.66.